The predicted molar refractivity (Wildman–Crippen MR) is 84.4 cm³/mol. The summed E-state index contributed by atoms with van der Waals surface area (Å²) in [4.78, 5) is 33.6. The van der Waals surface area contributed by atoms with Crippen LogP contribution in [0, 0.1) is 0 Å². The number of ether oxygens (including phenoxy) is 1. The van der Waals surface area contributed by atoms with Crippen molar-refractivity contribution in [3.63, 3.8) is 0 Å². The van der Waals surface area contributed by atoms with Gasteiger partial charge in [-0.3, -0.25) is 9.59 Å². The summed E-state index contributed by atoms with van der Waals surface area (Å²) in [6, 6.07) is 6.16. The van der Waals surface area contributed by atoms with E-state index in [1.165, 1.54) is 12.1 Å². The fourth-order valence-electron chi connectivity index (χ4n) is 1.75. The van der Waals surface area contributed by atoms with Gasteiger partial charge in [-0.25, -0.2) is 4.79 Å². The van der Waals surface area contributed by atoms with Crippen LogP contribution in [-0.2, 0) is 9.59 Å². The number of carboxylic acids is 1. The van der Waals surface area contributed by atoms with Gasteiger partial charge in [0.2, 0.25) is 5.91 Å². The molecular formula is C16H22N2O5. The van der Waals surface area contributed by atoms with Gasteiger partial charge in [-0.2, -0.15) is 0 Å². The van der Waals surface area contributed by atoms with Crippen LogP contribution in [0.5, 0.6) is 5.75 Å². The Bertz CT molecular complexity index is 528. The topological polar surface area (TPSA) is 105 Å². The van der Waals surface area contributed by atoms with E-state index >= 15 is 0 Å². The molecule has 3 N–H and O–H groups in total. The summed E-state index contributed by atoms with van der Waals surface area (Å²) in [6.45, 7) is 2.32. The second-order valence-electron chi connectivity index (χ2n) is 4.92. The van der Waals surface area contributed by atoms with E-state index < -0.39 is 12.6 Å². The summed E-state index contributed by atoms with van der Waals surface area (Å²) < 4.78 is 4.98. The molecule has 0 unspecified atom stereocenters. The van der Waals surface area contributed by atoms with Gasteiger partial charge in [0, 0.05) is 25.1 Å². The van der Waals surface area contributed by atoms with E-state index in [1.54, 1.807) is 12.1 Å². The molecule has 7 heteroatoms. The Balaban J connectivity index is 2.29. The molecule has 7 nitrogen and oxygen atoms in total. The van der Waals surface area contributed by atoms with Crippen LogP contribution in [0.2, 0.25) is 0 Å². The highest BCUT2D eigenvalue weighted by Crippen LogP contribution is 2.11. The van der Waals surface area contributed by atoms with Crippen molar-refractivity contribution in [3.8, 4) is 5.75 Å². The van der Waals surface area contributed by atoms with Crippen LogP contribution in [0.4, 0.5) is 0 Å². The molecule has 0 aliphatic rings. The number of hydrogen-bond acceptors (Lipinski definition) is 4. The molecule has 0 radical (unpaired) electrons. The molecule has 2 amide bonds. The maximum absolute atomic E-state index is 11.9. The van der Waals surface area contributed by atoms with Gasteiger partial charge in [0.25, 0.3) is 5.91 Å². The first-order valence-electron chi connectivity index (χ1n) is 7.52. The molecule has 0 fully saturated rings. The number of hydrogen-bond donors (Lipinski definition) is 3. The first kappa shape index (κ1) is 18.5. The highest BCUT2D eigenvalue weighted by Gasteiger charge is 2.06. The smallest absolute Gasteiger partial charge is 0.341 e. The molecule has 126 valence electrons. The van der Waals surface area contributed by atoms with Gasteiger partial charge in [-0.15, -0.1) is 0 Å². The first-order valence-corrected chi connectivity index (χ1v) is 7.52. The average molecular weight is 322 g/mol. The standard InChI is InChI=1S/C16H22N2O5/c1-2-3-4-14(19)17-9-10-18-16(22)12-5-7-13(8-6-12)23-11-15(20)21/h5-8H,2-4,9-11H2,1H3,(H,17,19)(H,18,22)(H,20,21). The molecule has 0 atom stereocenters. The Morgan fingerprint density at radius 2 is 1.74 bits per heavy atom. The summed E-state index contributed by atoms with van der Waals surface area (Å²) in [5, 5.41) is 13.9. The summed E-state index contributed by atoms with van der Waals surface area (Å²) in [6.07, 6.45) is 2.33. The average Bonchev–Trinajstić information content (AvgIpc) is 2.55. The molecule has 0 heterocycles. The predicted octanol–water partition coefficient (Wildman–Crippen LogP) is 1.19. The molecule has 0 spiro atoms. The summed E-state index contributed by atoms with van der Waals surface area (Å²) in [5.74, 6) is -0.960. The highest BCUT2D eigenvalue weighted by atomic mass is 16.5. The zero-order chi connectivity index (χ0) is 17.1. The van der Waals surface area contributed by atoms with Gasteiger partial charge in [-0.1, -0.05) is 13.3 Å². The fourth-order valence-corrected chi connectivity index (χ4v) is 1.75. The molecule has 0 bridgehead atoms. The molecule has 0 aromatic heterocycles. The van der Waals surface area contributed by atoms with Crippen molar-refractivity contribution in [2.24, 2.45) is 0 Å². The van der Waals surface area contributed by atoms with Gasteiger partial charge in [0.05, 0.1) is 0 Å². The molecule has 0 aliphatic heterocycles. The maximum atomic E-state index is 11.9. The Morgan fingerprint density at radius 1 is 1.09 bits per heavy atom. The number of carbonyl (C=O) groups excluding carboxylic acids is 2. The lowest BCUT2D eigenvalue weighted by Crippen LogP contribution is -2.34. The van der Waals surface area contributed by atoms with E-state index in [-0.39, 0.29) is 11.8 Å². The molecule has 0 saturated heterocycles. The van der Waals surface area contributed by atoms with E-state index in [1.807, 2.05) is 6.92 Å². The number of carboxylic acid groups (broad SMARTS) is 1. The van der Waals surface area contributed by atoms with E-state index in [0.717, 1.165) is 12.8 Å². The zero-order valence-corrected chi connectivity index (χ0v) is 13.1. The number of benzene rings is 1. The minimum Gasteiger partial charge on any atom is -0.482 e. The van der Waals surface area contributed by atoms with Crippen molar-refractivity contribution < 1.29 is 24.2 Å². The lowest BCUT2D eigenvalue weighted by Gasteiger charge is -2.08. The largest absolute Gasteiger partial charge is 0.482 e. The van der Waals surface area contributed by atoms with Gasteiger partial charge >= 0.3 is 5.97 Å². The Kier molecular flexibility index (Phi) is 8.20. The van der Waals surface area contributed by atoms with E-state index in [9.17, 15) is 14.4 Å². The first-order chi connectivity index (χ1) is 11.0. The van der Waals surface area contributed by atoms with Crippen LogP contribution in [0.25, 0.3) is 0 Å². The van der Waals surface area contributed by atoms with Gasteiger partial charge in [-0.05, 0) is 30.7 Å². The van der Waals surface area contributed by atoms with Crippen LogP contribution in [0.1, 0.15) is 36.5 Å². The number of carbonyl (C=O) groups is 3. The lowest BCUT2D eigenvalue weighted by atomic mass is 10.2. The van der Waals surface area contributed by atoms with Crippen molar-refractivity contribution in [2.45, 2.75) is 26.2 Å². The molecule has 1 rings (SSSR count). The normalized spacial score (nSPS) is 9.96. The maximum Gasteiger partial charge on any atom is 0.341 e. The van der Waals surface area contributed by atoms with Crippen LogP contribution in [0.3, 0.4) is 0 Å². The molecular weight excluding hydrogens is 300 g/mol. The van der Waals surface area contributed by atoms with Gasteiger partial charge in [0.1, 0.15) is 5.75 Å². The minimum absolute atomic E-state index is 0.0129. The van der Waals surface area contributed by atoms with E-state index in [0.29, 0.717) is 30.8 Å². The molecule has 1 aromatic carbocycles. The number of aliphatic carboxylic acids is 1. The van der Waals surface area contributed by atoms with Crippen LogP contribution in [0.15, 0.2) is 24.3 Å². The van der Waals surface area contributed by atoms with Crippen LogP contribution < -0.4 is 15.4 Å². The second kappa shape index (κ2) is 10.2. The summed E-state index contributed by atoms with van der Waals surface area (Å²) in [7, 11) is 0. The summed E-state index contributed by atoms with van der Waals surface area (Å²) in [5.41, 5.74) is 0.435. The van der Waals surface area contributed by atoms with Crippen molar-refractivity contribution in [1.82, 2.24) is 10.6 Å². The Hall–Kier alpha value is -2.57. The fraction of sp³-hybridized carbons (Fsp3) is 0.438. The third kappa shape index (κ3) is 7.85. The zero-order valence-electron chi connectivity index (χ0n) is 13.1. The van der Waals surface area contributed by atoms with Crippen LogP contribution >= 0.6 is 0 Å². The van der Waals surface area contributed by atoms with Gasteiger partial charge < -0.3 is 20.5 Å². The van der Waals surface area contributed by atoms with Crippen molar-refractivity contribution in [1.29, 1.82) is 0 Å². The monoisotopic (exact) mass is 322 g/mol. The molecule has 1 aromatic rings. The van der Waals surface area contributed by atoms with Gasteiger partial charge in [0.15, 0.2) is 6.61 Å². The number of amides is 2. The Morgan fingerprint density at radius 3 is 2.35 bits per heavy atom. The third-order valence-electron chi connectivity index (χ3n) is 2.97. The second-order valence-corrected chi connectivity index (χ2v) is 4.92. The summed E-state index contributed by atoms with van der Waals surface area (Å²) >= 11 is 0. The molecule has 0 aliphatic carbocycles. The number of nitrogens with one attached hydrogen (secondary N) is 2. The van der Waals surface area contributed by atoms with Crippen molar-refractivity contribution >= 4 is 17.8 Å². The van der Waals surface area contributed by atoms with E-state index in [2.05, 4.69) is 10.6 Å². The highest BCUT2D eigenvalue weighted by molar-refractivity contribution is 5.94. The quantitative estimate of drug-likeness (QED) is 0.561. The van der Waals surface area contributed by atoms with Crippen LogP contribution in [-0.4, -0.2) is 42.6 Å². The SMILES string of the molecule is CCCCC(=O)NCCNC(=O)c1ccc(OCC(=O)O)cc1. The van der Waals surface area contributed by atoms with Crippen molar-refractivity contribution in [3.05, 3.63) is 29.8 Å². The molecule has 0 saturated carbocycles. The molecule has 23 heavy (non-hydrogen) atoms. The number of unbranched alkanes of at least 4 members (excludes halogenated alkanes) is 1. The Labute approximate surface area is 135 Å². The number of rotatable bonds is 10. The van der Waals surface area contributed by atoms with E-state index in [4.69, 9.17) is 9.84 Å². The lowest BCUT2D eigenvalue weighted by molar-refractivity contribution is -0.139. The third-order valence-corrected chi connectivity index (χ3v) is 2.97. The minimum atomic E-state index is -1.06. The van der Waals surface area contributed by atoms with Crippen molar-refractivity contribution in [2.75, 3.05) is 19.7 Å².